The van der Waals surface area contributed by atoms with Crippen molar-refractivity contribution in [3.63, 3.8) is 0 Å². The number of likely N-dealkylation sites (N-methyl/N-ethyl adjacent to an activating group) is 1. The number of carbonyl (C=O) groups is 2. The number of anilines is 1. The summed E-state index contributed by atoms with van der Waals surface area (Å²) in [5, 5.41) is 6.39. The number of carbonyl (C=O) groups excluding carboxylic acids is 2. The molecule has 0 bridgehead atoms. The molecule has 3 aromatic rings. The zero-order chi connectivity index (χ0) is 20.8. The van der Waals surface area contributed by atoms with Crippen LogP contribution in [0.5, 0.6) is 0 Å². The molecule has 2 aromatic heterocycles. The number of rotatable bonds is 6. The highest BCUT2D eigenvalue weighted by Gasteiger charge is 2.17. The maximum absolute atomic E-state index is 12.6. The third-order valence-corrected chi connectivity index (χ3v) is 4.71. The summed E-state index contributed by atoms with van der Waals surface area (Å²) in [5.41, 5.74) is 2.81. The van der Waals surface area contributed by atoms with Gasteiger partial charge in [0, 0.05) is 37.1 Å². The van der Waals surface area contributed by atoms with E-state index < -0.39 is 0 Å². The number of aromatic amines is 1. The average molecular weight is 391 g/mol. The van der Waals surface area contributed by atoms with Gasteiger partial charge in [-0.1, -0.05) is 18.2 Å². The van der Waals surface area contributed by atoms with Gasteiger partial charge in [0.1, 0.15) is 5.82 Å². The van der Waals surface area contributed by atoms with Crippen molar-refractivity contribution in [3.05, 3.63) is 66.0 Å². The molecule has 3 amide bonds. The Kier molecular flexibility index (Phi) is 6.29. The molecule has 3 N–H and O–H groups in total. The molecule has 0 aliphatic carbocycles. The van der Waals surface area contributed by atoms with E-state index >= 15 is 0 Å². The van der Waals surface area contributed by atoms with Gasteiger partial charge < -0.3 is 15.2 Å². The second-order valence-corrected chi connectivity index (χ2v) is 6.73. The number of H-pyrrole nitrogens is 1. The Morgan fingerprint density at radius 2 is 2.03 bits per heavy atom. The first-order chi connectivity index (χ1) is 14.0. The molecule has 3 rings (SSSR count). The van der Waals surface area contributed by atoms with Crippen molar-refractivity contribution < 1.29 is 9.59 Å². The van der Waals surface area contributed by atoms with Crippen LogP contribution in [0.15, 0.2) is 54.7 Å². The van der Waals surface area contributed by atoms with E-state index in [4.69, 9.17) is 0 Å². The first-order valence-corrected chi connectivity index (χ1v) is 9.51. The fourth-order valence-corrected chi connectivity index (χ4v) is 2.90. The van der Waals surface area contributed by atoms with Gasteiger partial charge in [-0.05, 0) is 55.1 Å². The number of hydrogen-bond acceptors (Lipinski definition) is 3. The summed E-state index contributed by atoms with van der Waals surface area (Å²) in [4.78, 5) is 33.3. The first-order valence-electron chi connectivity index (χ1n) is 9.51. The Hall–Kier alpha value is -3.61. The molecular formula is C22H25N5O2. The molecule has 0 aliphatic rings. The topological polar surface area (TPSA) is 90.1 Å². The number of fused-ring (bicyclic) bond motifs is 1. The number of para-hydroxylation sites is 1. The Labute approximate surface area is 169 Å². The van der Waals surface area contributed by atoms with Crippen molar-refractivity contribution in [2.24, 2.45) is 0 Å². The molecule has 1 aromatic carbocycles. The lowest BCUT2D eigenvalue weighted by atomic mass is 10.2. The third-order valence-electron chi connectivity index (χ3n) is 4.71. The number of aromatic nitrogens is 2. The predicted octanol–water partition coefficient (Wildman–Crippen LogP) is 3.94. The Morgan fingerprint density at radius 3 is 2.72 bits per heavy atom. The summed E-state index contributed by atoms with van der Waals surface area (Å²) >= 11 is 0. The smallest absolute Gasteiger partial charge is 0.320 e. The molecule has 7 heteroatoms. The van der Waals surface area contributed by atoms with Gasteiger partial charge in [0.15, 0.2) is 0 Å². The van der Waals surface area contributed by atoms with Gasteiger partial charge in [0.05, 0.1) is 6.04 Å². The molecular weight excluding hydrogens is 366 g/mol. The van der Waals surface area contributed by atoms with Gasteiger partial charge >= 0.3 is 6.03 Å². The van der Waals surface area contributed by atoms with Crippen LogP contribution in [-0.2, 0) is 4.79 Å². The SMILES string of the molecule is CCNC(=O)Nc1ccc(C=CC(=O)N(C)C(C)c2cc3ccccc3[nH]2)cn1. The lowest BCUT2D eigenvalue weighted by Crippen LogP contribution is -2.28. The number of amides is 3. The highest BCUT2D eigenvalue weighted by Crippen LogP contribution is 2.23. The number of pyridine rings is 1. The minimum atomic E-state index is -0.300. The van der Waals surface area contributed by atoms with Crippen molar-refractivity contribution in [1.82, 2.24) is 20.2 Å². The quantitative estimate of drug-likeness (QED) is 0.556. The molecule has 29 heavy (non-hydrogen) atoms. The van der Waals surface area contributed by atoms with Crippen LogP contribution in [0, 0.1) is 0 Å². The van der Waals surface area contributed by atoms with Crippen molar-refractivity contribution >= 4 is 34.7 Å². The van der Waals surface area contributed by atoms with Gasteiger partial charge in [-0.3, -0.25) is 10.1 Å². The molecule has 0 saturated heterocycles. The second kappa shape index (κ2) is 9.05. The van der Waals surface area contributed by atoms with E-state index in [1.54, 1.807) is 36.4 Å². The van der Waals surface area contributed by atoms with Crippen LogP contribution in [0.4, 0.5) is 10.6 Å². The largest absolute Gasteiger partial charge is 0.357 e. The van der Waals surface area contributed by atoms with E-state index in [2.05, 4.69) is 26.7 Å². The van der Waals surface area contributed by atoms with Crippen molar-refractivity contribution in [2.45, 2.75) is 19.9 Å². The fraction of sp³-hybridized carbons (Fsp3) is 0.227. The van der Waals surface area contributed by atoms with Crippen LogP contribution in [-0.4, -0.2) is 40.4 Å². The average Bonchev–Trinajstić information content (AvgIpc) is 3.16. The summed E-state index contributed by atoms with van der Waals surface area (Å²) in [7, 11) is 1.78. The standard InChI is InChI=1S/C22H25N5O2/c1-4-23-22(29)26-20-11-9-16(14-24-20)10-12-21(28)27(3)15(2)19-13-17-7-5-6-8-18(17)25-19/h5-15,25H,4H2,1-3H3,(H2,23,24,26,29). The summed E-state index contributed by atoms with van der Waals surface area (Å²) in [6.45, 7) is 4.37. The van der Waals surface area contributed by atoms with E-state index in [0.29, 0.717) is 12.4 Å². The normalized spacial score (nSPS) is 12.1. The Bertz CT molecular complexity index is 990. The summed E-state index contributed by atoms with van der Waals surface area (Å²) in [5.74, 6) is 0.338. The number of benzene rings is 1. The monoisotopic (exact) mass is 391 g/mol. The third kappa shape index (κ3) is 5.01. The molecule has 0 aliphatic heterocycles. The van der Waals surface area contributed by atoms with Crippen LogP contribution < -0.4 is 10.6 Å². The molecule has 0 fully saturated rings. The molecule has 150 valence electrons. The maximum Gasteiger partial charge on any atom is 0.320 e. The lowest BCUT2D eigenvalue weighted by Gasteiger charge is -2.22. The Balaban J connectivity index is 1.62. The molecule has 1 atom stereocenters. The molecule has 2 heterocycles. The predicted molar refractivity (Wildman–Crippen MR) is 115 cm³/mol. The van der Waals surface area contributed by atoms with Crippen LogP contribution in [0.2, 0.25) is 0 Å². The number of hydrogen-bond donors (Lipinski definition) is 3. The van der Waals surface area contributed by atoms with Crippen molar-refractivity contribution in [2.75, 3.05) is 18.9 Å². The lowest BCUT2D eigenvalue weighted by molar-refractivity contribution is -0.126. The van der Waals surface area contributed by atoms with Gasteiger partial charge in [-0.2, -0.15) is 0 Å². The maximum atomic E-state index is 12.6. The molecule has 0 spiro atoms. The van der Waals surface area contributed by atoms with E-state index in [-0.39, 0.29) is 18.0 Å². The van der Waals surface area contributed by atoms with Crippen molar-refractivity contribution in [1.29, 1.82) is 0 Å². The molecule has 0 saturated carbocycles. The number of nitrogens with one attached hydrogen (secondary N) is 3. The van der Waals surface area contributed by atoms with Gasteiger partial charge in [-0.15, -0.1) is 0 Å². The minimum Gasteiger partial charge on any atom is -0.357 e. The van der Waals surface area contributed by atoms with Crippen LogP contribution in [0.3, 0.4) is 0 Å². The van der Waals surface area contributed by atoms with E-state index in [1.807, 2.05) is 38.1 Å². The second-order valence-electron chi connectivity index (χ2n) is 6.73. The van der Waals surface area contributed by atoms with Crippen LogP contribution in [0.25, 0.3) is 17.0 Å². The van der Waals surface area contributed by atoms with E-state index in [1.165, 1.54) is 6.08 Å². The Morgan fingerprint density at radius 1 is 1.24 bits per heavy atom. The van der Waals surface area contributed by atoms with Crippen molar-refractivity contribution in [3.8, 4) is 0 Å². The highest BCUT2D eigenvalue weighted by atomic mass is 16.2. The summed E-state index contributed by atoms with van der Waals surface area (Å²) in [6.07, 6.45) is 4.83. The fourth-order valence-electron chi connectivity index (χ4n) is 2.90. The zero-order valence-electron chi connectivity index (χ0n) is 16.8. The highest BCUT2D eigenvalue weighted by molar-refractivity contribution is 5.92. The van der Waals surface area contributed by atoms with Gasteiger partial charge in [-0.25, -0.2) is 9.78 Å². The van der Waals surface area contributed by atoms with Crippen LogP contribution >= 0.6 is 0 Å². The van der Waals surface area contributed by atoms with E-state index in [9.17, 15) is 9.59 Å². The first kappa shape index (κ1) is 20.1. The van der Waals surface area contributed by atoms with Gasteiger partial charge in [0.2, 0.25) is 5.91 Å². The molecule has 0 radical (unpaired) electrons. The number of nitrogens with zero attached hydrogens (tertiary/aromatic N) is 2. The summed E-state index contributed by atoms with van der Waals surface area (Å²) < 4.78 is 0. The molecule has 7 nitrogen and oxygen atoms in total. The summed E-state index contributed by atoms with van der Waals surface area (Å²) in [6, 6.07) is 13.2. The van der Waals surface area contributed by atoms with E-state index in [0.717, 1.165) is 22.2 Å². The molecule has 1 unspecified atom stereocenters. The van der Waals surface area contributed by atoms with Gasteiger partial charge in [0.25, 0.3) is 0 Å². The minimum absolute atomic E-state index is 0.0960. The van der Waals surface area contributed by atoms with Crippen LogP contribution in [0.1, 0.15) is 31.1 Å². The number of urea groups is 1. The zero-order valence-corrected chi connectivity index (χ0v) is 16.8.